The van der Waals surface area contributed by atoms with Crippen molar-refractivity contribution in [2.45, 2.75) is 36.6 Å². The Balaban J connectivity index is 1.94. The van der Waals surface area contributed by atoms with Crippen LogP contribution in [0.2, 0.25) is 0 Å². The lowest BCUT2D eigenvalue weighted by atomic mass is 10.0. The lowest BCUT2D eigenvalue weighted by Gasteiger charge is -2.33. The van der Waals surface area contributed by atoms with Gasteiger partial charge in [-0.25, -0.2) is 13.1 Å². The molecule has 1 heterocycles. The van der Waals surface area contributed by atoms with Gasteiger partial charge in [-0.05, 0) is 37.9 Å². The zero-order valence-electron chi connectivity index (χ0n) is 13.6. The first-order valence-electron chi connectivity index (χ1n) is 8.11. The highest BCUT2D eigenvalue weighted by molar-refractivity contribution is 7.89. The van der Waals surface area contributed by atoms with E-state index in [9.17, 15) is 13.7 Å². The number of hydrogen-bond donors (Lipinski definition) is 1. The summed E-state index contributed by atoms with van der Waals surface area (Å²) in [4.78, 5) is 2.39. The first-order chi connectivity index (χ1) is 11.5. The number of sulfonamides is 1. The van der Waals surface area contributed by atoms with Crippen molar-refractivity contribution in [2.24, 2.45) is 5.92 Å². The minimum absolute atomic E-state index is 0.153. The highest BCUT2D eigenvalue weighted by Crippen LogP contribution is 2.17. The summed E-state index contributed by atoms with van der Waals surface area (Å²) in [6.45, 7) is 2.03. The van der Waals surface area contributed by atoms with Crippen LogP contribution in [0.15, 0.2) is 35.2 Å². The molecule has 2 unspecified atom stereocenters. The average Bonchev–Trinajstić information content (AvgIpc) is 2.59. The van der Waals surface area contributed by atoms with Crippen LogP contribution in [0.5, 0.6) is 0 Å². The highest BCUT2D eigenvalue weighted by atomic mass is 32.2. The number of benzene rings is 1. The van der Waals surface area contributed by atoms with Crippen molar-refractivity contribution in [2.75, 3.05) is 19.6 Å². The summed E-state index contributed by atoms with van der Waals surface area (Å²) in [6.07, 6.45) is 2.61. The maximum Gasteiger partial charge on any atom is 0.240 e. The van der Waals surface area contributed by atoms with Crippen molar-refractivity contribution < 1.29 is 8.42 Å². The van der Waals surface area contributed by atoms with Crippen molar-refractivity contribution in [3.05, 3.63) is 30.3 Å². The zero-order chi connectivity index (χ0) is 17.4. The Hall–Kier alpha value is -1.93. The normalized spacial score (nSPS) is 20.0. The summed E-state index contributed by atoms with van der Waals surface area (Å²) >= 11 is 0. The molecule has 0 amide bonds. The predicted molar refractivity (Wildman–Crippen MR) is 90.2 cm³/mol. The third-order valence-electron chi connectivity index (χ3n) is 4.15. The van der Waals surface area contributed by atoms with E-state index in [0.717, 1.165) is 19.4 Å². The monoisotopic (exact) mass is 346 g/mol. The maximum absolute atomic E-state index is 12.4. The standard InChI is InChI=1S/C17H22N4O2S/c18-10-4-6-15(12-19)13-21-11-5-7-16(14-21)20-24(22,23)17-8-2-1-3-9-17/h1-3,8-9,15-16,20H,4-7,11,13-14H2. The van der Waals surface area contributed by atoms with Gasteiger partial charge in [-0.15, -0.1) is 0 Å². The van der Waals surface area contributed by atoms with Crippen LogP contribution in [0, 0.1) is 28.6 Å². The Kier molecular flexibility index (Phi) is 6.74. The number of nitrogens with zero attached hydrogens (tertiary/aromatic N) is 3. The first-order valence-corrected chi connectivity index (χ1v) is 9.60. The van der Waals surface area contributed by atoms with Gasteiger partial charge in [-0.1, -0.05) is 18.2 Å². The fraction of sp³-hybridized carbons (Fsp3) is 0.529. The molecule has 128 valence electrons. The van der Waals surface area contributed by atoms with Gasteiger partial charge >= 0.3 is 0 Å². The maximum atomic E-state index is 12.4. The van der Waals surface area contributed by atoms with Crippen LogP contribution in [-0.4, -0.2) is 39.0 Å². The third-order valence-corrected chi connectivity index (χ3v) is 5.68. The lowest BCUT2D eigenvalue weighted by molar-refractivity contribution is 0.184. The summed E-state index contributed by atoms with van der Waals surface area (Å²) < 4.78 is 27.6. The molecule has 7 heteroatoms. The van der Waals surface area contributed by atoms with E-state index < -0.39 is 10.0 Å². The Morgan fingerprint density at radius 1 is 1.29 bits per heavy atom. The van der Waals surface area contributed by atoms with Gasteiger partial charge in [-0.2, -0.15) is 10.5 Å². The zero-order valence-corrected chi connectivity index (χ0v) is 14.4. The highest BCUT2D eigenvalue weighted by Gasteiger charge is 2.26. The van der Waals surface area contributed by atoms with Crippen LogP contribution in [0.3, 0.4) is 0 Å². The molecule has 0 aliphatic carbocycles. The molecule has 1 aromatic rings. The van der Waals surface area contributed by atoms with Crippen molar-refractivity contribution in [1.82, 2.24) is 9.62 Å². The summed E-state index contributed by atoms with van der Waals surface area (Å²) in [7, 11) is -3.52. The number of piperidine rings is 1. The molecule has 0 spiro atoms. The summed E-state index contributed by atoms with van der Waals surface area (Å²) in [5.41, 5.74) is 0. The van der Waals surface area contributed by atoms with E-state index in [2.05, 4.69) is 21.8 Å². The second kappa shape index (κ2) is 8.79. The van der Waals surface area contributed by atoms with E-state index in [1.54, 1.807) is 30.3 Å². The summed E-state index contributed by atoms with van der Waals surface area (Å²) in [5.74, 6) is -0.186. The minimum Gasteiger partial charge on any atom is -0.300 e. The van der Waals surface area contributed by atoms with E-state index in [0.29, 0.717) is 25.9 Å². The smallest absolute Gasteiger partial charge is 0.240 e. The molecule has 0 aromatic heterocycles. The SMILES string of the molecule is N#CCCC(C#N)CN1CCCC(NS(=O)(=O)c2ccccc2)C1. The van der Waals surface area contributed by atoms with Gasteiger partial charge in [0.15, 0.2) is 0 Å². The summed E-state index contributed by atoms with van der Waals surface area (Å²) in [6, 6.07) is 12.5. The van der Waals surface area contributed by atoms with Crippen molar-refractivity contribution in [3.8, 4) is 12.1 Å². The molecule has 1 saturated heterocycles. The minimum atomic E-state index is -3.52. The molecule has 24 heavy (non-hydrogen) atoms. The van der Waals surface area contributed by atoms with Gasteiger partial charge in [0.25, 0.3) is 0 Å². The fourth-order valence-corrected chi connectivity index (χ4v) is 4.23. The fourth-order valence-electron chi connectivity index (χ4n) is 2.95. The van der Waals surface area contributed by atoms with Gasteiger partial charge in [0.2, 0.25) is 10.0 Å². The molecule has 0 radical (unpaired) electrons. The van der Waals surface area contributed by atoms with E-state index >= 15 is 0 Å². The van der Waals surface area contributed by atoms with Crippen LogP contribution in [0.1, 0.15) is 25.7 Å². The molecule has 0 saturated carbocycles. The molecule has 1 N–H and O–H groups in total. The molecular formula is C17H22N4O2S. The van der Waals surface area contributed by atoms with E-state index in [1.807, 2.05) is 0 Å². The topological polar surface area (TPSA) is 97.0 Å². The quantitative estimate of drug-likeness (QED) is 0.813. The Labute approximate surface area is 143 Å². The number of rotatable bonds is 7. The van der Waals surface area contributed by atoms with Crippen molar-refractivity contribution in [1.29, 1.82) is 10.5 Å². The second-order valence-corrected chi connectivity index (χ2v) is 7.77. The largest absolute Gasteiger partial charge is 0.300 e. The predicted octanol–water partition coefficient (Wildman–Crippen LogP) is 1.87. The number of hydrogen-bond acceptors (Lipinski definition) is 5. The van der Waals surface area contributed by atoms with Gasteiger partial charge in [-0.3, -0.25) is 0 Å². The van der Waals surface area contributed by atoms with Crippen LogP contribution in [0.25, 0.3) is 0 Å². The molecule has 0 bridgehead atoms. The molecule has 2 atom stereocenters. The number of likely N-dealkylation sites (tertiary alicyclic amines) is 1. The summed E-state index contributed by atoms with van der Waals surface area (Å²) in [5, 5.41) is 17.8. The molecule has 1 aromatic carbocycles. The Morgan fingerprint density at radius 2 is 2.04 bits per heavy atom. The van der Waals surface area contributed by atoms with E-state index in [-0.39, 0.29) is 16.9 Å². The number of nitriles is 2. The van der Waals surface area contributed by atoms with Crippen LogP contribution in [-0.2, 0) is 10.0 Å². The van der Waals surface area contributed by atoms with Gasteiger partial charge in [0.05, 0.1) is 23.0 Å². The average molecular weight is 346 g/mol. The van der Waals surface area contributed by atoms with E-state index in [4.69, 9.17) is 5.26 Å². The van der Waals surface area contributed by atoms with Gasteiger partial charge in [0.1, 0.15) is 0 Å². The van der Waals surface area contributed by atoms with Crippen molar-refractivity contribution >= 4 is 10.0 Å². The third kappa shape index (κ3) is 5.31. The number of nitrogens with one attached hydrogen (secondary N) is 1. The molecule has 1 aliphatic heterocycles. The van der Waals surface area contributed by atoms with Crippen LogP contribution in [0.4, 0.5) is 0 Å². The van der Waals surface area contributed by atoms with Crippen LogP contribution >= 0.6 is 0 Å². The molecule has 6 nitrogen and oxygen atoms in total. The van der Waals surface area contributed by atoms with Gasteiger partial charge < -0.3 is 4.90 Å². The van der Waals surface area contributed by atoms with Gasteiger partial charge in [0, 0.05) is 25.6 Å². The van der Waals surface area contributed by atoms with Crippen LogP contribution < -0.4 is 4.72 Å². The Morgan fingerprint density at radius 3 is 2.71 bits per heavy atom. The molecule has 2 rings (SSSR count). The lowest BCUT2D eigenvalue weighted by Crippen LogP contribution is -2.48. The second-order valence-electron chi connectivity index (χ2n) is 6.06. The van der Waals surface area contributed by atoms with Crippen molar-refractivity contribution in [3.63, 3.8) is 0 Å². The molecule has 1 aliphatic rings. The Bertz CT molecular complexity index is 706. The van der Waals surface area contributed by atoms with E-state index in [1.165, 1.54) is 0 Å². The first kappa shape index (κ1) is 18.4. The molecule has 1 fully saturated rings. The molecular weight excluding hydrogens is 324 g/mol.